The summed E-state index contributed by atoms with van der Waals surface area (Å²) in [4.78, 5) is 38.1. The molecule has 0 aromatic rings. The lowest BCUT2D eigenvalue weighted by atomic mass is 10.0. The van der Waals surface area contributed by atoms with Crippen LogP contribution in [0.1, 0.15) is 310 Å². The Morgan fingerprint density at radius 1 is 0.278 bits per heavy atom. The molecule has 0 rings (SSSR count). The number of allylic oxidation sites excluding steroid dienone is 12. The van der Waals surface area contributed by atoms with Gasteiger partial charge in [-0.1, -0.05) is 254 Å². The molecule has 72 heavy (non-hydrogen) atoms. The summed E-state index contributed by atoms with van der Waals surface area (Å²) in [5, 5.41) is 0. The third kappa shape index (κ3) is 57.7. The van der Waals surface area contributed by atoms with Gasteiger partial charge in [-0.05, 0) is 109 Å². The Hall–Kier alpha value is -3.15. The van der Waals surface area contributed by atoms with Crippen LogP contribution in [0.4, 0.5) is 0 Å². The number of rotatable bonds is 56. The van der Waals surface area contributed by atoms with Crippen molar-refractivity contribution in [2.75, 3.05) is 13.2 Å². The largest absolute Gasteiger partial charge is 0.462 e. The van der Waals surface area contributed by atoms with E-state index >= 15 is 0 Å². The molecule has 0 amide bonds. The quantitative estimate of drug-likeness (QED) is 0.0261. The maximum Gasteiger partial charge on any atom is 0.306 e. The van der Waals surface area contributed by atoms with E-state index in [1.54, 1.807) is 0 Å². The van der Waals surface area contributed by atoms with Gasteiger partial charge >= 0.3 is 17.9 Å². The number of hydrogen-bond acceptors (Lipinski definition) is 6. The summed E-state index contributed by atoms with van der Waals surface area (Å²) < 4.78 is 16.8. The van der Waals surface area contributed by atoms with Crippen molar-refractivity contribution in [3.05, 3.63) is 72.9 Å². The Morgan fingerprint density at radius 3 is 0.875 bits per heavy atom. The Bertz CT molecular complexity index is 1340. The van der Waals surface area contributed by atoms with Gasteiger partial charge in [-0.25, -0.2) is 0 Å². The number of carbonyl (C=O) groups excluding carboxylic acids is 3. The molecule has 6 heteroatoms. The maximum atomic E-state index is 12.8. The lowest BCUT2D eigenvalue weighted by Gasteiger charge is -2.18. The van der Waals surface area contributed by atoms with E-state index in [1.165, 1.54) is 161 Å². The fourth-order valence-electron chi connectivity index (χ4n) is 8.72. The van der Waals surface area contributed by atoms with E-state index in [0.717, 1.165) is 109 Å². The van der Waals surface area contributed by atoms with Crippen molar-refractivity contribution in [1.29, 1.82) is 0 Å². The van der Waals surface area contributed by atoms with E-state index in [-0.39, 0.29) is 31.1 Å². The molecule has 0 N–H and O–H groups in total. The van der Waals surface area contributed by atoms with Crippen LogP contribution in [-0.4, -0.2) is 37.2 Å². The van der Waals surface area contributed by atoms with Crippen LogP contribution < -0.4 is 0 Å². The van der Waals surface area contributed by atoms with Gasteiger partial charge in [0.2, 0.25) is 0 Å². The molecular formula is C66H116O6. The summed E-state index contributed by atoms with van der Waals surface area (Å²) in [6, 6.07) is 0. The first-order valence-electron chi connectivity index (χ1n) is 30.9. The van der Waals surface area contributed by atoms with E-state index in [0.29, 0.717) is 19.3 Å². The summed E-state index contributed by atoms with van der Waals surface area (Å²) in [6.45, 7) is 6.54. The SMILES string of the molecule is CCC/C=C\CCCCCCCC(=O)OCC(COC(=O)CCCCCCCCCCCCCCCC/C=C\C/C=C\C/C=C\CCCCCCC)OC(=O)CCCCCCC/C=C\C/C=C\CCCCC. The van der Waals surface area contributed by atoms with E-state index in [1.807, 2.05) is 0 Å². The Kier molecular flexibility index (Phi) is 57.8. The van der Waals surface area contributed by atoms with Crippen molar-refractivity contribution in [3.63, 3.8) is 0 Å². The molecular weight excluding hydrogens is 889 g/mol. The van der Waals surface area contributed by atoms with Gasteiger partial charge in [-0.3, -0.25) is 14.4 Å². The highest BCUT2D eigenvalue weighted by Crippen LogP contribution is 2.16. The molecule has 0 spiro atoms. The molecule has 0 aliphatic rings. The molecule has 0 aromatic carbocycles. The molecule has 0 aliphatic heterocycles. The zero-order valence-electron chi connectivity index (χ0n) is 47.7. The second-order valence-electron chi connectivity index (χ2n) is 20.6. The topological polar surface area (TPSA) is 78.9 Å². The van der Waals surface area contributed by atoms with Crippen LogP contribution in [0.15, 0.2) is 72.9 Å². The predicted octanol–water partition coefficient (Wildman–Crippen LogP) is 20.9. The third-order valence-electron chi connectivity index (χ3n) is 13.4. The molecule has 6 nitrogen and oxygen atoms in total. The summed E-state index contributed by atoms with van der Waals surface area (Å²) in [5.41, 5.74) is 0. The Morgan fingerprint density at radius 2 is 0.528 bits per heavy atom. The second-order valence-corrected chi connectivity index (χ2v) is 20.6. The van der Waals surface area contributed by atoms with Crippen LogP contribution >= 0.6 is 0 Å². The van der Waals surface area contributed by atoms with E-state index in [9.17, 15) is 14.4 Å². The van der Waals surface area contributed by atoms with Crippen molar-refractivity contribution >= 4 is 17.9 Å². The Balaban J connectivity index is 4.17. The molecule has 0 heterocycles. The molecule has 0 fully saturated rings. The molecule has 0 bridgehead atoms. The molecule has 1 atom stereocenters. The minimum absolute atomic E-state index is 0.0827. The third-order valence-corrected chi connectivity index (χ3v) is 13.4. The van der Waals surface area contributed by atoms with Crippen molar-refractivity contribution in [3.8, 4) is 0 Å². The first-order valence-corrected chi connectivity index (χ1v) is 30.9. The number of ether oxygens (including phenoxy) is 3. The standard InChI is InChI=1S/C66H116O6/c1-4-7-10-13-16-19-22-24-26-27-28-29-30-31-32-33-34-35-36-37-38-39-41-42-44-47-50-53-56-59-65(68)71-62-63(61-70-64(67)58-55-52-49-46-21-18-15-12-9-6-3)72-66(69)60-57-54-51-48-45-43-40-25-23-20-17-14-11-8-5-2/h12,15,17,20,22,24-25,27-28,30-31,40,63H,4-11,13-14,16,18-19,21,23,26,29,32-39,41-62H2,1-3H3/b15-12-,20-17-,24-22-,28-27-,31-30-,40-25-. The van der Waals surface area contributed by atoms with Gasteiger partial charge in [-0.2, -0.15) is 0 Å². The minimum atomic E-state index is -0.785. The number of hydrogen-bond donors (Lipinski definition) is 0. The number of esters is 3. The molecule has 0 saturated carbocycles. The molecule has 416 valence electrons. The normalized spacial score (nSPS) is 12.5. The molecule has 0 aromatic heterocycles. The minimum Gasteiger partial charge on any atom is -0.462 e. The average Bonchev–Trinajstić information content (AvgIpc) is 3.38. The highest BCUT2D eigenvalue weighted by molar-refractivity contribution is 5.71. The zero-order chi connectivity index (χ0) is 52.2. The van der Waals surface area contributed by atoms with Crippen LogP contribution in [0.3, 0.4) is 0 Å². The lowest BCUT2D eigenvalue weighted by molar-refractivity contribution is -0.167. The molecule has 0 saturated heterocycles. The van der Waals surface area contributed by atoms with Gasteiger partial charge < -0.3 is 14.2 Å². The van der Waals surface area contributed by atoms with Gasteiger partial charge in [0.15, 0.2) is 6.10 Å². The van der Waals surface area contributed by atoms with Crippen LogP contribution in [0.2, 0.25) is 0 Å². The van der Waals surface area contributed by atoms with Crippen molar-refractivity contribution < 1.29 is 28.6 Å². The highest BCUT2D eigenvalue weighted by Gasteiger charge is 2.19. The molecule has 0 aliphatic carbocycles. The second kappa shape index (κ2) is 60.4. The first kappa shape index (κ1) is 68.8. The van der Waals surface area contributed by atoms with Gasteiger partial charge in [0.25, 0.3) is 0 Å². The summed E-state index contributed by atoms with van der Waals surface area (Å²) in [6.07, 6.45) is 77.8. The first-order chi connectivity index (χ1) is 35.5. The highest BCUT2D eigenvalue weighted by atomic mass is 16.6. The Labute approximate surface area is 446 Å². The number of unbranched alkanes of at least 4 members (excludes halogenated alkanes) is 33. The smallest absolute Gasteiger partial charge is 0.306 e. The van der Waals surface area contributed by atoms with Gasteiger partial charge in [-0.15, -0.1) is 0 Å². The fraction of sp³-hybridized carbons (Fsp3) is 0.773. The van der Waals surface area contributed by atoms with Crippen molar-refractivity contribution in [2.24, 2.45) is 0 Å². The van der Waals surface area contributed by atoms with Gasteiger partial charge in [0.1, 0.15) is 13.2 Å². The van der Waals surface area contributed by atoms with E-state index in [4.69, 9.17) is 14.2 Å². The monoisotopic (exact) mass is 1000 g/mol. The predicted molar refractivity (Wildman–Crippen MR) is 311 cm³/mol. The lowest BCUT2D eigenvalue weighted by Crippen LogP contribution is -2.30. The summed E-state index contributed by atoms with van der Waals surface area (Å²) >= 11 is 0. The maximum absolute atomic E-state index is 12.8. The van der Waals surface area contributed by atoms with Gasteiger partial charge in [0.05, 0.1) is 0 Å². The van der Waals surface area contributed by atoms with Crippen LogP contribution in [0.5, 0.6) is 0 Å². The van der Waals surface area contributed by atoms with Crippen molar-refractivity contribution in [2.45, 2.75) is 316 Å². The van der Waals surface area contributed by atoms with E-state index in [2.05, 4.69) is 93.7 Å². The van der Waals surface area contributed by atoms with Crippen LogP contribution in [0, 0.1) is 0 Å². The number of carbonyl (C=O) groups is 3. The van der Waals surface area contributed by atoms with E-state index < -0.39 is 6.10 Å². The average molecular weight is 1010 g/mol. The van der Waals surface area contributed by atoms with Crippen LogP contribution in [-0.2, 0) is 28.6 Å². The van der Waals surface area contributed by atoms with Crippen LogP contribution in [0.25, 0.3) is 0 Å². The molecule has 0 radical (unpaired) electrons. The summed E-state index contributed by atoms with van der Waals surface area (Å²) in [7, 11) is 0. The molecule has 1 unspecified atom stereocenters. The van der Waals surface area contributed by atoms with Crippen molar-refractivity contribution in [1.82, 2.24) is 0 Å². The summed E-state index contributed by atoms with van der Waals surface area (Å²) in [5.74, 6) is -0.900. The van der Waals surface area contributed by atoms with Gasteiger partial charge in [0, 0.05) is 19.3 Å². The fourth-order valence-corrected chi connectivity index (χ4v) is 8.72. The zero-order valence-corrected chi connectivity index (χ0v) is 47.7.